The summed E-state index contributed by atoms with van der Waals surface area (Å²) in [5, 5.41) is 6.95. The predicted molar refractivity (Wildman–Crippen MR) is 53.4 cm³/mol. The van der Waals surface area contributed by atoms with Crippen molar-refractivity contribution in [3.05, 3.63) is 36.2 Å². The molecule has 1 saturated heterocycles. The Hall–Kier alpha value is -1.62. The summed E-state index contributed by atoms with van der Waals surface area (Å²) in [6, 6.07) is 1.88. The average molecular weight is 204 g/mol. The van der Waals surface area contributed by atoms with Gasteiger partial charge in [-0.3, -0.25) is 0 Å². The van der Waals surface area contributed by atoms with E-state index < -0.39 is 0 Å². The summed E-state index contributed by atoms with van der Waals surface area (Å²) in [5.41, 5.74) is 1.27. The van der Waals surface area contributed by atoms with Gasteiger partial charge in [-0.25, -0.2) is 4.98 Å². The van der Waals surface area contributed by atoms with Crippen LogP contribution in [0, 0.1) is 0 Å². The van der Waals surface area contributed by atoms with Gasteiger partial charge in [0.05, 0.1) is 19.1 Å². The third-order valence-electron chi connectivity index (χ3n) is 2.76. The van der Waals surface area contributed by atoms with Crippen LogP contribution in [0.5, 0.6) is 0 Å². The Morgan fingerprint density at radius 2 is 2.47 bits per heavy atom. The molecule has 78 valence electrons. The molecular weight excluding hydrogens is 192 g/mol. The van der Waals surface area contributed by atoms with E-state index in [1.165, 1.54) is 5.69 Å². The van der Waals surface area contributed by atoms with Crippen LogP contribution in [0.1, 0.15) is 17.4 Å². The summed E-state index contributed by atoms with van der Waals surface area (Å²) in [5.74, 6) is 1.46. The van der Waals surface area contributed by atoms with Crippen molar-refractivity contribution in [3.63, 3.8) is 0 Å². The zero-order valence-corrected chi connectivity index (χ0v) is 8.26. The molecule has 5 heteroatoms. The fraction of sp³-hybridized carbons (Fsp3) is 0.400. The molecular formula is C10H12N4O. The number of imidazole rings is 1. The van der Waals surface area contributed by atoms with Crippen molar-refractivity contribution in [2.45, 2.75) is 12.5 Å². The van der Waals surface area contributed by atoms with E-state index in [0.717, 1.165) is 18.8 Å². The van der Waals surface area contributed by atoms with Crippen LogP contribution < -0.4 is 5.32 Å². The highest BCUT2D eigenvalue weighted by Crippen LogP contribution is 2.19. The highest BCUT2D eigenvalue weighted by Gasteiger charge is 2.22. The molecule has 0 bridgehead atoms. The van der Waals surface area contributed by atoms with Crippen LogP contribution in [0.15, 0.2) is 29.3 Å². The lowest BCUT2D eigenvalue weighted by atomic mass is 10.00. The summed E-state index contributed by atoms with van der Waals surface area (Å²) in [4.78, 5) is 4.18. The van der Waals surface area contributed by atoms with Crippen LogP contribution in [0.2, 0.25) is 0 Å². The first-order valence-electron chi connectivity index (χ1n) is 5.04. The van der Waals surface area contributed by atoms with E-state index in [-0.39, 0.29) is 0 Å². The number of nitrogens with one attached hydrogen (secondary N) is 1. The van der Waals surface area contributed by atoms with Crippen LogP contribution in [0.4, 0.5) is 0 Å². The molecule has 3 heterocycles. The molecule has 0 saturated carbocycles. The molecule has 1 aliphatic rings. The highest BCUT2D eigenvalue weighted by atomic mass is 16.5. The normalized spacial score (nSPS) is 16.5. The molecule has 2 aromatic rings. The Balaban J connectivity index is 1.82. The van der Waals surface area contributed by atoms with Gasteiger partial charge in [-0.05, 0) is 0 Å². The lowest BCUT2D eigenvalue weighted by Crippen LogP contribution is -2.40. The molecule has 5 nitrogen and oxygen atoms in total. The van der Waals surface area contributed by atoms with Crippen LogP contribution in [-0.2, 0) is 6.54 Å². The van der Waals surface area contributed by atoms with Crippen molar-refractivity contribution in [2.24, 2.45) is 0 Å². The van der Waals surface area contributed by atoms with Gasteiger partial charge in [0.25, 0.3) is 0 Å². The standard InChI is InChI=1S/C10H12N4O/c1-2-13-15-9(1)6-14-7-12-5-10(14)8-3-11-4-8/h1-2,5,7-8,11H,3-4,6H2. The summed E-state index contributed by atoms with van der Waals surface area (Å²) in [6.45, 7) is 2.80. The molecule has 15 heavy (non-hydrogen) atoms. The van der Waals surface area contributed by atoms with Gasteiger partial charge in [-0.2, -0.15) is 0 Å². The van der Waals surface area contributed by atoms with Gasteiger partial charge in [-0.15, -0.1) is 0 Å². The van der Waals surface area contributed by atoms with E-state index in [1.807, 2.05) is 18.6 Å². The van der Waals surface area contributed by atoms with E-state index in [4.69, 9.17) is 4.52 Å². The van der Waals surface area contributed by atoms with Gasteiger partial charge < -0.3 is 14.4 Å². The number of hydrogen-bond acceptors (Lipinski definition) is 4. The Kier molecular flexibility index (Phi) is 2.03. The minimum absolute atomic E-state index is 0.593. The summed E-state index contributed by atoms with van der Waals surface area (Å²) in [7, 11) is 0. The minimum Gasteiger partial charge on any atom is -0.359 e. The molecule has 1 fully saturated rings. The fourth-order valence-corrected chi connectivity index (χ4v) is 1.79. The molecule has 0 amide bonds. The second kappa shape index (κ2) is 3.51. The predicted octanol–water partition coefficient (Wildman–Crippen LogP) is 0.606. The Labute approximate surface area is 87.1 Å². The van der Waals surface area contributed by atoms with Crippen LogP contribution in [0.3, 0.4) is 0 Å². The van der Waals surface area contributed by atoms with E-state index in [2.05, 4.69) is 20.0 Å². The molecule has 0 unspecified atom stereocenters. The van der Waals surface area contributed by atoms with Crippen molar-refractivity contribution in [2.75, 3.05) is 13.1 Å². The van der Waals surface area contributed by atoms with Gasteiger partial charge >= 0.3 is 0 Å². The Morgan fingerprint density at radius 3 is 3.13 bits per heavy atom. The van der Waals surface area contributed by atoms with E-state index in [0.29, 0.717) is 12.5 Å². The largest absolute Gasteiger partial charge is 0.359 e. The van der Waals surface area contributed by atoms with E-state index >= 15 is 0 Å². The SMILES string of the molecule is c1cc(Cn2cncc2C2CNC2)on1. The second-order valence-corrected chi connectivity index (χ2v) is 3.78. The van der Waals surface area contributed by atoms with Gasteiger partial charge in [0.2, 0.25) is 0 Å². The fourth-order valence-electron chi connectivity index (χ4n) is 1.79. The molecule has 0 aromatic carbocycles. The average Bonchev–Trinajstić information content (AvgIpc) is 2.76. The highest BCUT2D eigenvalue weighted by molar-refractivity contribution is 5.13. The summed E-state index contributed by atoms with van der Waals surface area (Å²) >= 11 is 0. The smallest absolute Gasteiger partial charge is 0.156 e. The number of nitrogens with zero attached hydrogens (tertiary/aromatic N) is 3. The first-order valence-corrected chi connectivity index (χ1v) is 5.04. The maximum Gasteiger partial charge on any atom is 0.156 e. The Bertz CT molecular complexity index is 430. The first-order chi connectivity index (χ1) is 7.43. The second-order valence-electron chi connectivity index (χ2n) is 3.78. The lowest BCUT2D eigenvalue weighted by Gasteiger charge is -2.27. The van der Waals surface area contributed by atoms with Gasteiger partial charge in [-0.1, -0.05) is 5.16 Å². The van der Waals surface area contributed by atoms with Crippen molar-refractivity contribution >= 4 is 0 Å². The monoisotopic (exact) mass is 204 g/mol. The number of aromatic nitrogens is 3. The van der Waals surface area contributed by atoms with Crippen molar-refractivity contribution in [1.82, 2.24) is 20.0 Å². The zero-order valence-electron chi connectivity index (χ0n) is 8.26. The summed E-state index contributed by atoms with van der Waals surface area (Å²) < 4.78 is 7.20. The topological polar surface area (TPSA) is 55.9 Å². The van der Waals surface area contributed by atoms with Crippen molar-refractivity contribution in [3.8, 4) is 0 Å². The number of rotatable bonds is 3. The van der Waals surface area contributed by atoms with Gasteiger partial charge in [0.15, 0.2) is 5.76 Å². The Morgan fingerprint density at radius 1 is 1.53 bits per heavy atom. The molecule has 2 aromatic heterocycles. The maximum atomic E-state index is 5.08. The number of hydrogen-bond donors (Lipinski definition) is 1. The molecule has 0 aliphatic carbocycles. The molecule has 0 spiro atoms. The maximum absolute atomic E-state index is 5.08. The lowest BCUT2D eigenvalue weighted by molar-refractivity contribution is 0.368. The molecule has 1 aliphatic heterocycles. The third kappa shape index (κ3) is 1.55. The quantitative estimate of drug-likeness (QED) is 0.795. The molecule has 1 N–H and O–H groups in total. The van der Waals surface area contributed by atoms with E-state index in [9.17, 15) is 0 Å². The van der Waals surface area contributed by atoms with Gasteiger partial charge in [0, 0.05) is 37.0 Å². The van der Waals surface area contributed by atoms with Crippen LogP contribution >= 0.6 is 0 Å². The third-order valence-corrected chi connectivity index (χ3v) is 2.76. The zero-order chi connectivity index (χ0) is 10.1. The molecule has 0 atom stereocenters. The van der Waals surface area contributed by atoms with Gasteiger partial charge in [0.1, 0.15) is 0 Å². The first kappa shape index (κ1) is 8.67. The molecule has 3 rings (SSSR count). The van der Waals surface area contributed by atoms with E-state index in [1.54, 1.807) is 6.20 Å². The summed E-state index contributed by atoms with van der Waals surface area (Å²) in [6.07, 6.45) is 5.44. The minimum atomic E-state index is 0.593. The van der Waals surface area contributed by atoms with Crippen molar-refractivity contribution < 1.29 is 4.52 Å². The molecule has 0 radical (unpaired) electrons. The van der Waals surface area contributed by atoms with Crippen LogP contribution in [0.25, 0.3) is 0 Å². The van der Waals surface area contributed by atoms with Crippen LogP contribution in [-0.4, -0.2) is 27.8 Å². The van der Waals surface area contributed by atoms with Crippen molar-refractivity contribution in [1.29, 1.82) is 0 Å².